The molecule has 1 N–H and O–H groups in total. The minimum atomic E-state index is 0.439. The van der Waals surface area contributed by atoms with E-state index in [1.165, 1.54) is 29.5 Å². The molecule has 1 aliphatic carbocycles. The lowest BCUT2D eigenvalue weighted by molar-refractivity contribution is 0.757. The molecule has 0 saturated carbocycles. The Labute approximate surface area is 101 Å². The second-order valence-corrected chi connectivity index (χ2v) is 4.84. The normalized spacial score (nSPS) is 18.1. The Morgan fingerprint density at radius 3 is 3.06 bits per heavy atom. The van der Waals surface area contributed by atoms with Crippen LogP contribution in [0.4, 0.5) is 5.69 Å². The number of aryl methyl sites for hydroxylation is 3. The van der Waals surface area contributed by atoms with Gasteiger partial charge < -0.3 is 5.32 Å². The number of nitrogens with zero attached hydrogens (tertiary/aromatic N) is 2. The molecule has 0 spiro atoms. The van der Waals surface area contributed by atoms with E-state index in [1.54, 1.807) is 0 Å². The summed E-state index contributed by atoms with van der Waals surface area (Å²) >= 11 is 0. The van der Waals surface area contributed by atoms with Crippen LogP contribution in [0.5, 0.6) is 0 Å². The molecule has 0 radical (unpaired) electrons. The number of nitrogens with one attached hydrogen (secondary N) is 1. The van der Waals surface area contributed by atoms with Crippen LogP contribution in [0, 0.1) is 6.92 Å². The number of hydrogen-bond donors (Lipinski definition) is 1. The standard InChI is InChI=1S/C14H17N3/c1-10-3-4-11-5-6-14(13(11)7-10)16-12-8-15-17(2)9-12/h3-4,7-9,14,16H,5-6H2,1-2H3. The third kappa shape index (κ3) is 1.93. The van der Waals surface area contributed by atoms with Gasteiger partial charge >= 0.3 is 0 Å². The molecule has 88 valence electrons. The van der Waals surface area contributed by atoms with Crippen LogP contribution in [0.25, 0.3) is 0 Å². The van der Waals surface area contributed by atoms with E-state index in [0.29, 0.717) is 6.04 Å². The van der Waals surface area contributed by atoms with E-state index in [0.717, 1.165) is 5.69 Å². The van der Waals surface area contributed by atoms with Crippen molar-refractivity contribution in [2.45, 2.75) is 25.8 Å². The molecule has 17 heavy (non-hydrogen) atoms. The zero-order valence-corrected chi connectivity index (χ0v) is 10.3. The van der Waals surface area contributed by atoms with Crippen molar-refractivity contribution in [2.75, 3.05) is 5.32 Å². The van der Waals surface area contributed by atoms with Gasteiger partial charge in [0, 0.05) is 13.2 Å². The zero-order chi connectivity index (χ0) is 11.8. The first-order valence-electron chi connectivity index (χ1n) is 6.07. The van der Waals surface area contributed by atoms with Crippen molar-refractivity contribution in [1.82, 2.24) is 9.78 Å². The average molecular weight is 227 g/mol. The first kappa shape index (κ1) is 10.4. The number of fused-ring (bicyclic) bond motifs is 1. The molecule has 0 amide bonds. The topological polar surface area (TPSA) is 29.9 Å². The number of hydrogen-bond acceptors (Lipinski definition) is 2. The maximum absolute atomic E-state index is 4.19. The van der Waals surface area contributed by atoms with Gasteiger partial charge in [0.25, 0.3) is 0 Å². The van der Waals surface area contributed by atoms with E-state index in [9.17, 15) is 0 Å². The van der Waals surface area contributed by atoms with Gasteiger partial charge in [0.15, 0.2) is 0 Å². The third-order valence-corrected chi connectivity index (χ3v) is 3.42. The highest BCUT2D eigenvalue weighted by molar-refractivity contribution is 5.46. The molecule has 1 aromatic carbocycles. The Balaban J connectivity index is 1.86. The van der Waals surface area contributed by atoms with Crippen LogP contribution in [-0.4, -0.2) is 9.78 Å². The van der Waals surface area contributed by atoms with Gasteiger partial charge in [-0.2, -0.15) is 5.10 Å². The molecular formula is C14H17N3. The second kappa shape index (κ2) is 3.91. The van der Waals surface area contributed by atoms with Gasteiger partial charge in [-0.15, -0.1) is 0 Å². The number of benzene rings is 1. The molecular weight excluding hydrogens is 210 g/mol. The van der Waals surface area contributed by atoms with Gasteiger partial charge in [0.05, 0.1) is 17.9 Å². The number of rotatable bonds is 2. The van der Waals surface area contributed by atoms with E-state index < -0.39 is 0 Å². The highest BCUT2D eigenvalue weighted by atomic mass is 15.3. The van der Waals surface area contributed by atoms with E-state index in [4.69, 9.17) is 0 Å². The predicted molar refractivity (Wildman–Crippen MR) is 69.1 cm³/mol. The van der Waals surface area contributed by atoms with Gasteiger partial charge in [-0.25, -0.2) is 0 Å². The van der Waals surface area contributed by atoms with Crippen LogP contribution in [0.3, 0.4) is 0 Å². The van der Waals surface area contributed by atoms with Crippen molar-refractivity contribution in [3.05, 3.63) is 47.3 Å². The van der Waals surface area contributed by atoms with E-state index in [1.807, 2.05) is 24.1 Å². The van der Waals surface area contributed by atoms with E-state index in [-0.39, 0.29) is 0 Å². The van der Waals surface area contributed by atoms with Gasteiger partial charge in [-0.05, 0) is 30.9 Å². The van der Waals surface area contributed by atoms with E-state index in [2.05, 4.69) is 35.5 Å². The summed E-state index contributed by atoms with van der Waals surface area (Å²) in [5.41, 5.74) is 5.38. The minimum Gasteiger partial charge on any atom is -0.376 e. The Kier molecular flexibility index (Phi) is 2.39. The van der Waals surface area contributed by atoms with Crippen molar-refractivity contribution >= 4 is 5.69 Å². The second-order valence-electron chi connectivity index (χ2n) is 4.84. The average Bonchev–Trinajstić information content (AvgIpc) is 2.87. The molecule has 1 unspecified atom stereocenters. The molecule has 1 aromatic heterocycles. The quantitative estimate of drug-likeness (QED) is 0.855. The number of anilines is 1. The fourth-order valence-corrected chi connectivity index (χ4v) is 2.57. The smallest absolute Gasteiger partial charge is 0.0731 e. The Morgan fingerprint density at radius 2 is 2.29 bits per heavy atom. The highest BCUT2D eigenvalue weighted by Gasteiger charge is 2.22. The summed E-state index contributed by atoms with van der Waals surface area (Å²) in [5.74, 6) is 0. The van der Waals surface area contributed by atoms with Crippen LogP contribution in [-0.2, 0) is 13.5 Å². The van der Waals surface area contributed by atoms with Crippen LogP contribution >= 0.6 is 0 Å². The summed E-state index contributed by atoms with van der Waals surface area (Å²) in [6.07, 6.45) is 6.25. The molecule has 3 rings (SSSR count). The van der Waals surface area contributed by atoms with Gasteiger partial charge in [-0.3, -0.25) is 4.68 Å². The van der Waals surface area contributed by atoms with Gasteiger partial charge in [0.1, 0.15) is 0 Å². The first-order valence-corrected chi connectivity index (χ1v) is 6.07. The molecule has 1 heterocycles. The summed E-state index contributed by atoms with van der Waals surface area (Å²) in [5, 5.41) is 7.75. The zero-order valence-electron chi connectivity index (χ0n) is 10.3. The Hall–Kier alpha value is -1.77. The van der Waals surface area contributed by atoms with Crippen LogP contribution in [0.2, 0.25) is 0 Å². The van der Waals surface area contributed by atoms with Gasteiger partial charge in [-0.1, -0.05) is 23.8 Å². The monoisotopic (exact) mass is 227 g/mol. The maximum Gasteiger partial charge on any atom is 0.0731 e. The lowest BCUT2D eigenvalue weighted by Crippen LogP contribution is -2.06. The van der Waals surface area contributed by atoms with Crippen molar-refractivity contribution in [2.24, 2.45) is 7.05 Å². The van der Waals surface area contributed by atoms with Crippen LogP contribution in [0.1, 0.15) is 29.2 Å². The van der Waals surface area contributed by atoms with Crippen LogP contribution in [0.15, 0.2) is 30.6 Å². The summed E-state index contributed by atoms with van der Waals surface area (Å²) in [7, 11) is 1.94. The highest BCUT2D eigenvalue weighted by Crippen LogP contribution is 2.34. The summed E-state index contributed by atoms with van der Waals surface area (Å²) < 4.78 is 1.83. The number of aromatic nitrogens is 2. The predicted octanol–water partition coefficient (Wildman–Crippen LogP) is 2.83. The SMILES string of the molecule is Cc1ccc2c(c1)C(Nc1cnn(C)c1)CC2. The molecule has 2 aromatic rings. The fraction of sp³-hybridized carbons (Fsp3) is 0.357. The lowest BCUT2D eigenvalue weighted by Gasteiger charge is -2.14. The molecule has 3 heteroatoms. The lowest BCUT2D eigenvalue weighted by atomic mass is 10.1. The summed E-state index contributed by atoms with van der Waals surface area (Å²) in [4.78, 5) is 0. The maximum atomic E-state index is 4.19. The van der Waals surface area contributed by atoms with E-state index >= 15 is 0 Å². The molecule has 0 bridgehead atoms. The summed E-state index contributed by atoms with van der Waals surface area (Å²) in [6.45, 7) is 2.15. The Morgan fingerprint density at radius 1 is 1.41 bits per heavy atom. The molecule has 3 nitrogen and oxygen atoms in total. The fourth-order valence-electron chi connectivity index (χ4n) is 2.57. The van der Waals surface area contributed by atoms with Crippen molar-refractivity contribution in [3.8, 4) is 0 Å². The van der Waals surface area contributed by atoms with Crippen LogP contribution < -0.4 is 5.32 Å². The summed E-state index contributed by atoms with van der Waals surface area (Å²) in [6, 6.07) is 7.20. The minimum absolute atomic E-state index is 0.439. The Bertz CT molecular complexity index is 542. The molecule has 0 aliphatic heterocycles. The van der Waals surface area contributed by atoms with Crippen molar-refractivity contribution in [1.29, 1.82) is 0 Å². The molecule has 0 fully saturated rings. The third-order valence-electron chi connectivity index (χ3n) is 3.42. The molecule has 1 atom stereocenters. The molecule has 1 aliphatic rings. The first-order chi connectivity index (χ1) is 8.22. The molecule has 0 saturated heterocycles. The van der Waals surface area contributed by atoms with Gasteiger partial charge in [0.2, 0.25) is 0 Å². The largest absolute Gasteiger partial charge is 0.376 e. The van der Waals surface area contributed by atoms with Crippen molar-refractivity contribution in [3.63, 3.8) is 0 Å². The van der Waals surface area contributed by atoms with Crippen molar-refractivity contribution < 1.29 is 0 Å².